The molecule has 1 saturated heterocycles. The van der Waals surface area contributed by atoms with Crippen LogP contribution in [0.2, 0.25) is 0 Å². The van der Waals surface area contributed by atoms with Crippen LogP contribution in [0.5, 0.6) is 0 Å². The Balaban J connectivity index is 1.43. The van der Waals surface area contributed by atoms with Crippen molar-refractivity contribution in [1.82, 2.24) is 10.3 Å². The third kappa shape index (κ3) is 3.89. The summed E-state index contributed by atoms with van der Waals surface area (Å²) in [7, 11) is 0. The maximum Gasteiger partial charge on any atom is 0.323 e. The summed E-state index contributed by atoms with van der Waals surface area (Å²) < 4.78 is 25.8. The highest BCUT2D eigenvalue weighted by atomic mass is 19.1. The molecular formula is C26H23FN2O3. The molecule has 3 aromatic carbocycles. The molecule has 32 heavy (non-hydrogen) atoms. The summed E-state index contributed by atoms with van der Waals surface area (Å²) in [6.45, 7) is 2.69. The number of ether oxygens (including phenoxy) is 1. The molecule has 0 amide bonds. The fraction of sp³-hybridized carbons (Fsp3) is 0.231. The first kappa shape index (κ1) is 20.4. The largest absolute Gasteiger partial charge is 0.460 e. The van der Waals surface area contributed by atoms with E-state index in [0.29, 0.717) is 17.0 Å². The number of esters is 1. The van der Waals surface area contributed by atoms with Gasteiger partial charge < -0.3 is 14.5 Å². The minimum absolute atomic E-state index is 0.135. The number of aromatic nitrogens is 1. The number of nitrogens with one attached hydrogen (secondary N) is 1. The molecule has 0 unspecified atom stereocenters. The molecule has 162 valence electrons. The lowest BCUT2D eigenvalue weighted by Gasteiger charge is -2.10. The number of hydrogen-bond acceptors (Lipinski definition) is 5. The summed E-state index contributed by atoms with van der Waals surface area (Å²) in [5.41, 5.74) is 5.23. The van der Waals surface area contributed by atoms with E-state index in [-0.39, 0.29) is 24.2 Å². The summed E-state index contributed by atoms with van der Waals surface area (Å²) in [4.78, 5) is 16.7. The Morgan fingerprint density at radius 2 is 1.97 bits per heavy atom. The van der Waals surface area contributed by atoms with E-state index < -0.39 is 5.82 Å². The summed E-state index contributed by atoms with van der Waals surface area (Å²) >= 11 is 0. The predicted molar refractivity (Wildman–Crippen MR) is 120 cm³/mol. The van der Waals surface area contributed by atoms with Crippen LogP contribution in [0, 0.1) is 12.7 Å². The third-order valence-corrected chi connectivity index (χ3v) is 5.92. The molecule has 0 saturated carbocycles. The molecular weight excluding hydrogens is 407 g/mol. The van der Waals surface area contributed by atoms with Gasteiger partial charge >= 0.3 is 5.97 Å². The van der Waals surface area contributed by atoms with Crippen molar-refractivity contribution in [3.05, 3.63) is 77.6 Å². The average molecular weight is 430 g/mol. The van der Waals surface area contributed by atoms with Crippen LogP contribution in [0.3, 0.4) is 0 Å². The van der Waals surface area contributed by atoms with Crippen molar-refractivity contribution in [3.8, 4) is 22.6 Å². The zero-order valence-electron chi connectivity index (χ0n) is 17.7. The van der Waals surface area contributed by atoms with Crippen LogP contribution >= 0.6 is 0 Å². The first-order valence-corrected chi connectivity index (χ1v) is 10.7. The van der Waals surface area contributed by atoms with E-state index in [4.69, 9.17) is 9.15 Å². The number of benzene rings is 3. The molecule has 0 spiro atoms. The van der Waals surface area contributed by atoms with E-state index in [9.17, 15) is 9.18 Å². The van der Waals surface area contributed by atoms with E-state index in [0.717, 1.165) is 41.6 Å². The highest BCUT2D eigenvalue weighted by Crippen LogP contribution is 2.33. The molecule has 1 atom stereocenters. The van der Waals surface area contributed by atoms with Crippen LogP contribution in [0.15, 0.2) is 65.1 Å². The second-order valence-corrected chi connectivity index (χ2v) is 8.03. The van der Waals surface area contributed by atoms with Crippen LogP contribution in [0.1, 0.15) is 24.0 Å². The van der Waals surface area contributed by atoms with E-state index >= 15 is 0 Å². The topological polar surface area (TPSA) is 64.4 Å². The van der Waals surface area contributed by atoms with Gasteiger partial charge in [0.25, 0.3) is 0 Å². The Morgan fingerprint density at radius 1 is 1.16 bits per heavy atom. The van der Waals surface area contributed by atoms with Crippen molar-refractivity contribution in [1.29, 1.82) is 0 Å². The Bertz CT molecular complexity index is 1280. The fourth-order valence-electron chi connectivity index (χ4n) is 4.15. The van der Waals surface area contributed by atoms with Crippen molar-refractivity contribution >= 4 is 17.1 Å². The van der Waals surface area contributed by atoms with Crippen LogP contribution in [0.4, 0.5) is 4.39 Å². The molecule has 1 aliphatic rings. The van der Waals surface area contributed by atoms with Crippen LogP contribution in [-0.4, -0.2) is 23.5 Å². The third-order valence-electron chi connectivity index (χ3n) is 5.92. The second-order valence-electron chi connectivity index (χ2n) is 8.03. The van der Waals surface area contributed by atoms with Crippen molar-refractivity contribution in [2.45, 2.75) is 32.4 Å². The lowest BCUT2D eigenvalue weighted by molar-refractivity contribution is -0.147. The minimum atomic E-state index is -0.484. The van der Waals surface area contributed by atoms with Gasteiger partial charge in [0.15, 0.2) is 5.58 Å². The number of nitrogens with zero attached hydrogens (tertiary/aromatic N) is 1. The zero-order valence-corrected chi connectivity index (χ0v) is 17.7. The number of oxazole rings is 1. The van der Waals surface area contributed by atoms with E-state index in [1.165, 1.54) is 6.07 Å². The smallest absolute Gasteiger partial charge is 0.323 e. The molecule has 1 aromatic heterocycles. The standard InChI is InChI=1S/C26H23FN2O3/c1-16-19(17-7-3-2-4-8-17)9-5-10-20(16)25-29-23-13-18(21(27)14-24(23)32-25)15-31-26(30)22-11-6-12-28-22/h2-5,7-10,13-14,22,28H,6,11-12,15H2,1H3/t22-/m0/s1. The van der Waals surface area contributed by atoms with E-state index in [2.05, 4.69) is 28.5 Å². The maximum absolute atomic E-state index is 14.6. The minimum Gasteiger partial charge on any atom is -0.460 e. The van der Waals surface area contributed by atoms with Gasteiger partial charge in [0, 0.05) is 17.2 Å². The van der Waals surface area contributed by atoms with Crippen LogP contribution in [0.25, 0.3) is 33.7 Å². The number of carbonyl (C=O) groups is 1. The molecule has 1 N–H and O–H groups in total. The van der Waals surface area contributed by atoms with Crippen LogP contribution < -0.4 is 5.32 Å². The molecule has 1 fully saturated rings. The predicted octanol–water partition coefficient (Wildman–Crippen LogP) is 5.40. The molecule has 1 aliphatic heterocycles. The van der Waals surface area contributed by atoms with Gasteiger partial charge in [-0.25, -0.2) is 9.37 Å². The highest BCUT2D eigenvalue weighted by Gasteiger charge is 2.24. The Morgan fingerprint density at radius 3 is 2.75 bits per heavy atom. The molecule has 5 rings (SSSR count). The molecule has 0 aliphatic carbocycles. The summed E-state index contributed by atoms with van der Waals surface area (Å²) in [6.07, 6.45) is 1.68. The molecule has 4 aromatic rings. The summed E-state index contributed by atoms with van der Waals surface area (Å²) in [5, 5.41) is 3.08. The zero-order chi connectivity index (χ0) is 22.1. The Hall–Kier alpha value is -3.51. The van der Waals surface area contributed by atoms with Gasteiger partial charge in [-0.15, -0.1) is 0 Å². The fourth-order valence-corrected chi connectivity index (χ4v) is 4.15. The Labute approximate surface area is 185 Å². The summed E-state index contributed by atoms with van der Waals surface area (Å²) in [5.74, 6) is -0.405. The lowest BCUT2D eigenvalue weighted by Crippen LogP contribution is -2.32. The number of halogens is 1. The SMILES string of the molecule is Cc1c(-c2ccccc2)cccc1-c1nc2cc(COC(=O)[C@@H]3CCCN3)c(F)cc2o1. The van der Waals surface area contributed by atoms with Crippen LogP contribution in [-0.2, 0) is 16.1 Å². The van der Waals surface area contributed by atoms with Crippen molar-refractivity contribution < 1.29 is 18.3 Å². The number of carbonyl (C=O) groups excluding carboxylic acids is 1. The number of fused-ring (bicyclic) bond motifs is 1. The lowest BCUT2D eigenvalue weighted by atomic mass is 9.96. The first-order chi connectivity index (χ1) is 15.6. The second kappa shape index (κ2) is 8.55. The summed E-state index contributed by atoms with van der Waals surface area (Å²) in [6, 6.07) is 18.6. The van der Waals surface area contributed by atoms with Gasteiger partial charge in [-0.3, -0.25) is 4.79 Å². The molecule has 2 heterocycles. The van der Waals surface area contributed by atoms with E-state index in [1.54, 1.807) is 6.07 Å². The molecule has 0 radical (unpaired) electrons. The van der Waals surface area contributed by atoms with E-state index in [1.807, 2.05) is 37.3 Å². The average Bonchev–Trinajstić information content (AvgIpc) is 3.48. The van der Waals surface area contributed by atoms with Gasteiger partial charge in [-0.2, -0.15) is 0 Å². The quantitative estimate of drug-likeness (QED) is 0.429. The number of rotatable bonds is 5. The van der Waals surface area contributed by atoms with Gasteiger partial charge in [0.05, 0.1) is 0 Å². The van der Waals surface area contributed by atoms with Gasteiger partial charge in [0.1, 0.15) is 24.0 Å². The molecule has 6 heteroatoms. The number of hydrogen-bond donors (Lipinski definition) is 1. The maximum atomic E-state index is 14.6. The van der Waals surface area contributed by atoms with Crippen molar-refractivity contribution in [3.63, 3.8) is 0 Å². The van der Waals surface area contributed by atoms with Crippen molar-refractivity contribution in [2.24, 2.45) is 0 Å². The van der Waals surface area contributed by atoms with Gasteiger partial charge in [-0.05, 0) is 55.1 Å². The highest BCUT2D eigenvalue weighted by molar-refractivity contribution is 5.81. The molecule has 5 nitrogen and oxygen atoms in total. The first-order valence-electron chi connectivity index (χ1n) is 10.7. The normalized spacial score (nSPS) is 15.9. The monoisotopic (exact) mass is 430 g/mol. The van der Waals surface area contributed by atoms with Crippen molar-refractivity contribution in [2.75, 3.05) is 6.54 Å². The van der Waals surface area contributed by atoms with Gasteiger partial charge in [0.2, 0.25) is 5.89 Å². The van der Waals surface area contributed by atoms with Gasteiger partial charge in [-0.1, -0.05) is 42.5 Å². The Kier molecular flexibility index (Phi) is 5.45. The molecule has 0 bridgehead atoms.